The van der Waals surface area contributed by atoms with Crippen molar-refractivity contribution in [2.45, 2.75) is 58.8 Å². The molecule has 0 atom stereocenters. The number of nitrogens with zero attached hydrogens (tertiary/aromatic N) is 1. The number of carbonyl (C=O) groups is 1. The van der Waals surface area contributed by atoms with Crippen molar-refractivity contribution in [3.05, 3.63) is 41.3 Å². The molecule has 0 aliphatic heterocycles. The molecule has 0 radical (unpaired) electrons. The molecule has 0 amide bonds. The lowest BCUT2D eigenvalue weighted by Crippen LogP contribution is -2.06. The molecule has 0 fully saturated rings. The second-order valence-electron chi connectivity index (χ2n) is 6.44. The number of oxazole rings is 1. The molecule has 2 rings (SSSR count). The van der Waals surface area contributed by atoms with Crippen LogP contribution in [0.25, 0.3) is 11.5 Å². The molecule has 5 nitrogen and oxygen atoms in total. The fourth-order valence-corrected chi connectivity index (χ4v) is 2.87. The van der Waals surface area contributed by atoms with Crippen LogP contribution in [0, 0.1) is 6.92 Å². The highest BCUT2D eigenvalue weighted by Gasteiger charge is 2.18. The maximum absolute atomic E-state index is 11.8. The van der Waals surface area contributed by atoms with Gasteiger partial charge in [0, 0.05) is 12.2 Å². The molecule has 1 N–H and O–H groups in total. The highest BCUT2D eigenvalue weighted by Crippen LogP contribution is 2.23. The van der Waals surface area contributed by atoms with Gasteiger partial charge in [0.25, 0.3) is 0 Å². The third kappa shape index (κ3) is 5.99. The Hall–Kier alpha value is -2.14. The van der Waals surface area contributed by atoms with Gasteiger partial charge >= 0.3 is 5.97 Å². The van der Waals surface area contributed by atoms with Crippen LogP contribution in [0.5, 0.6) is 0 Å². The summed E-state index contributed by atoms with van der Waals surface area (Å²) in [6.45, 7) is 4.11. The molecule has 0 aliphatic rings. The Labute approximate surface area is 155 Å². The van der Waals surface area contributed by atoms with E-state index in [1.54, 1.807) is 13.8 Å². The van der Waals surface area contributed by atoms with E-state index in [0.29, 0.717) is 24.9 Å². The van der Waals surface area contributed by atoms with E-state index in [4.69, 9.17) is 14.3 Å². The maximum Gasteiger partial charge on any atom is 0.360 e. The Kier molecular flexibility index (Phi) is 8.35. The van der Waals surface area contributed by atoms with Gasteiger partial charge in [-0.15, -0.1) is 0 Å². The Bertz CT molecular complexity index is 676. The molecule has 0 saturated carbocycles. The predicted octanol–water partition coefficient (Wildman–Crippen LogP) is 4.70. The third-order valence-electron chi connectivity index (χ3n) is 4.34. The van der Waals surface area contributed by atoms with Crippen molar-refractivity contribution in [2.75, 3.05) is 13.2 Å². The summed E-state index contributed by atoms with van der Waals surface area (Å²) in [4.78, 5) is 16.1. The van der Waals surface area contributed by atoms with E-state index in [1.807, 2.05) is 12.1 Å². The zero-order chi connectivity index (χ0) is 18.8. The quantitative estimate of drug-likeness (QED) is 0.465. The van der Waals surface area contributed by atoms with Gasteiger partial charge in [-0.2, -0.15) is 0 Å². The van der Waals surface area contributed by atoms with Crippen molar-refractivity contribution < 1.29 is 19.1 Å². The summed E-state index contributed by atoms with van der Waals surface area (Å²) in [5, 5.41) is 8.76. The van der Waals surface area contributed by atoms with Crippen molar-refractivity contribution in [3.63, 3.8) is 0 Å². The van der Waals surface area contributed by atoms with E-state index in [2.05, 4.69) is 17.1 Å². The first-order valence-corrected chi connectivity index (χ1v) is 9.50. The number of esters is 1. The van der Waals surface area contributed by atoms with E-state index >= 15 is 0 Å². The number of rotatable bonds is 11. The zero-order valence-corrected chi connectivity index (χ0v) is 15.8. The van der Waals surface area contributed by atoms with Crippen molar-refractivity contribution in [2.24, 2.45) is 0 Å². The smallest absolute Gasteiger partial charge is 0.360 e. The van der Waals surface area contributed by atoms with Crippen molar-refractivity contribution in [3.8, 4) is 11.5 Å². The molecule has 1 aromatic heterocycles. The average Bonchev–Trinajstić information content (AvgIpc) is 3.03. The lowest BCUT2D eigenvalue weighted by Gasteiger charge is -2.03. The summed E-state index contributed by atoms with van der Waals surface area (Å²) in [7, 11) is 0. The van der Waals surface area contributed by atoms with Crippen LogP contribution in [0.2, 0.25) is 0 Å². The van der Waals surface area contributed by atoms with Gasteiger partial charge in [0.1, 0.15) is 5.76 Å². The Morgan fingerprint density at radius 2 is 1.73 bits per heavy atom. The van der Waals surface area contributed by atoms with Crippen LogP contribution < -0.4 is 0 Å². The van der Waals surface area contributed by atoms with Gasteiger partial charge in [0.2, 0.25) is 5.89 Å². The number of hydrogen-bond donors (Lipinski definition) is 1. The van der Waals surface area contributed by atoms with Crippen LogP contribution in [0.3, 0.4) is 0 Å². The number of ether oxygens (including phenoxy) is 1. The van der Waals surface area contributed by atoms with E-state index in [-0.39, 0.29) is 5.69 Å². The fraction of sp³-hybridized carbons (Fsp3) is 0.524. The van der Waals surface area contributed by atoms with Gasteiger partial charge in [-0.05, 0) is 50.8 Å². The molecule has 1 aromatic carbocycles. The molecule has 1 heterocycles. The Morgan fingerprint density at radius 3 is 2.38 bits per heavy atom. The topological polar surface area (TPSA) is 72.6 Å². The number of aryl methyl sites for hydroxylation is 2. The molecule has 142 valence electrons. The van der Waals surface area contributed by atoms with Crippen molar-refractivity contribution in [1.82, 2.24) is 4.98 Å². The number of hydrogen-bond acceptors (Lipinski definition) is 5. The van der Waals surface area contributed by atoms with Crippen LogP contribution in [-0.2, 0) is 11.2 Å². The molecular weight excluding hydrogens is 330 g/mol. The Balaban J connectivity index is 1.85. The normalized spacial score (nSPS) is 10.9. The molecule has 26 heavy (non-hydrogen) atoms. The largest absolute Gasteiger partial charge is 0.461 e. The van der Waals surface area contributed by atoms with E-state index < -0.39 is 5.97 Å². The lowest BCUT2D eigenvalue weighted by molar-refractivity contribution is 0.0518. The summed E-state index contributed by atoms with van der Waals surface area (Å²) in [6.07, 6.45) is 7.90. The number of aliphatic hydroxyl groups is 1. The van der Waals surface area contributed by atoms with Crippen molar-refractivity contribution in [1.29, 1.82) is 0 Å². The third-order valence-corrected chi connectivity index (χ3v) is 4.34. The number of unbranched alkanes of at least 4 members (excludes halogenated alkanes) is 5. The first-order valence-electron chi connectivity index (χ1n) is 9.50. The van der Waals surface area contributed by atoms with E-state index in [0.717, 1.165) is 24.8 Å². The second-order valence-corrected chi connectivity index (χ2v) is 6.44. The van der Waals surface area contributed by atoms with Gasteiger partial charge in [-0.25, -0.2) is 9.78 Å². The maximum atomic E-state index is 11.8. The summed E-state index contributed by atoms with van der Waals surface area (Å²) in [5.41, 5.74) is 2.39. The molecular formula is C21H29NO4. The highest BCUT2D eigenvalue weighted by atomic mass is 16.5. The monoisotopic (exact) mass is 359 g/mol. The van der Waals surface area contributed by atoms with Crippen molar-refractivity contribution >= 4 is 5.97 Å². The molecule has 2 aromatic rings. The van der Waals surface area contributed by atoms with E-state index in [1.165, 1.54) is 31.2 Å². The Morgan fingerprint density at radius 1 is 1.08 bits per heavy atom. The zero-order valence-electron chi connectivity index (χ0n) is 15.8. The predicted molar refractivity (Wildman–Crippen MR) is 101 cm³/mol. The van der Waals surface area contributed by atoms with Gasteiger partial charge in [-0.3, -0.25) is 0 Å². The first kappa shape index (κ1) is 20.2. The number of benzene rings is 1. The first-order chi connectivity index (χ1) is 12.7. The molecule has 0 bridgehead atoms. The molecule has 0 aliphatic carbocycles. The van der Waals surface area contributed by atoms with E-state index in [9.17, 15) is 4.79 Å². The molecule has 0 spiro atoms. The SMILES string of the molecule is CCOC(=O)c1nc(-c2ccc(CCCCCCCCO)cc2)oc1C. The number of aliphatic hydroxyl groups excluding tert-OH is 1. The van der Waals surface area contributed by atoms with Crippen LogP contribution in [-0.4, -0.2) is 29.3 Å². The molecule has 0 saturated heterocycles. The summed E-state index contributed by atoms with van der Waals surface area (Å²) < 4.78 is 10.6. The second kappa shape index (κ2) is 10.8. The summed E-state index contributed by atoms with van der Waals surface area (Å²) in [5.74, 6) is 0.473. The highest BCUT2D eigenvalue weighted by molar-refractivity contribution is 5.88. The average molecular weight is 359 g/mol. The van der Waals surface area contributed by atoms with Gasteiger partial charge < -0.3 is 14.3 Å². The minimum atomic E-state index is -0.449. The molecule has 0 unspecified atom stereocenters. The fourth-order valence-electron chi connectivity index (χ4n) is 2.87. The standard InChI is InChI=1S/C21H29NO4/c1-3-25-21(24)19-16(2)26-20(22-19)18-13-11-17(12-14-18)10-8-6-4-5-7-9-15-23/h11-14,23H,3-10,15H2,1-2H3. The van der Waals surface area contributed by atoms with Crippen LogP contribution in [0.4, 0.5) is 0 Å². The van der Waals surface area contributed by atoms with Crippen LogP contribution >= 0.6 is 0 Å². The number of aromatic nitrogens is 1. The minimum Gasteiger partial charge on any atom is -0.461 e. The van der Waals surface area contributed by atoms with Gasteiger partial charge in [0.15, 0.2) is 5.69 Å². The van der Waals surface area contributed by atoms with Gasteiger partial charge in [0.05, 0.1) is 6.61 Å². The lowest BCUT2D eigenvalue weighted by atomic mass is 10.0. The number of carbonyl (C=O) groups excluding carboxylic acids is 1. The summed E-state index contributed by atoms with van der Waals surface area (Å²) in [6, 6.07) is 8.14. The molecule has 5 heteroatoms. The minimum absolute atomic E-state index is 0.243. The van der Waals surface area contributed by atoms with Crippen LogP contribution in [0.15, 0.2) is 28.7 Å². The van der Waals surface area contributed by atoms with Crippen LogP contribution in [0.1, 0.15) is 67.3 Å². The summed E-state index contributed by atoms with van der Waals surface area (Å²) >= 11 is 0. The van der Waals surface area contributed by atoms with Gasteiger partial charge in [-0.1, -0.05) is 37.8 Å².